The fourth-order valence-electron chi connectivity index (χ4n) is 3.76. The number of nitrogens with zero attached hydrogens (tertiary/aromatic N) is 4. The SMILES string of the molecule is CCOc1ccc(-c2c(C)sc3nc(C)nc(/N=C4/NN=C(c5ccccc5)CS4)c23)cc1. The van der Waals surface area contributed by atoms with Crippen LogP contribution in [0.3, 0.4) is 0 Å². The van der Waals surface area contributed by atoms with E-state index in [1.807, 2.05) is 44.2 Å². The molecule has 6 nitrogen and oxygen atoms in total. The van der Waals surface area contributed by atoms with E-state index < -0.39 is 0 Å². The molecule has 0 atom stereocenters. The Morgan fingerprint density at radius 1 is 1.00 bits per heavy atom. The fraction of sp³-hybridized carbons (Fsp3) is 0.200. The summed E-state index contributed by atoms with van der Waals surface area (Å²) in [6.07, 6.45) is 0. The molecule has 1 aliphatic heterocycles. The van der Waals surface area contributed by atoms with Gasteiger partial charge >= 0.3 is 0 Å². The van der Waals surface area contributed by atoms with E-state index in [1.54, 1.807) is 23.1 Å². The van der Waals surface area contributed by atoms with Crippen molar-refractivity contribution in [2.45, 2.75) is 20.8 Å². The van der Waals surface area contributed by atoms with Gasteiger partial charge in [-0.05, 0) is 44.0 Å². The molecule has 2 aromatic carbocycles. The maximum Gasteiger partial charge on any atom is 0.184 e. The first-order valence-corrected chi connectivity index (χ1v) is 12.5. The lowest BCUT2D eigenvalue weighted by atomic mass is 10.0. The van der Waals surface area contributed by atoms with Crippen molar-refractivity contribution in [3.63, 3.8) is 0 Å². The van der Waals surface area contributed by atoms with E-state index in [0.29, 0.717) is 18.2 Å². The van der Waals surface area contributed by atoms with E-state index in [0.717, 1.165) is 49.3 Å². The van der Waals surface area contributed by atoms with Crippen LogP contribution in [0.2, 0.25) is 0 Å². The lowest BCUT2D eigenvalue weighted by Gasteiger charge is -2.15. The Bertz CT molecular complexity index is 1360. The molecule has 5 rings (SSSR count). The molecule has 33 heavy (non-hydrogen) atoms. The second-order valence-electron chi connectivity index (χ2n) is 7.51. The van der Waals surface area contributed by atoms with Gasteiger partial charge in [0.05, 0.1) is 17.7 Å². The number of thiophene rings is 1. The van der Waals surface area contributed by atoms with Gasteiger partial charge in [0.25, 0.3) is 0 Å². The first-order valence-electron chi connectivity index (χ1n) is 10.7. The third-order valence-electron chi connectivity index (χ3n) is 5.22. The minimum atomic E-state index is 0.646. The van der Waals surface area contributed by atoms with E-state index in [-0.39, 0.29) is 0 Å². The molecule has 0 aliphatic carbocycles. The Balaban J connectivity index is 1.54. The van der Waals surface area contributed by atoms with Crippen molar-refractivity contribution >= 4 is 50.0 Å². The summed E-state index contributed by atoms with van der Waals surface area (Å²) in [5.74, 6) is 2.98. The van der Waals surface area contributed by atoms with E-state index in [4.69, 9.17) is 19.7 Å². The first kappa shape index (κ1) is 21.6. The van der Waals surface area contributed by atoms with Crippen molar-refractivity contribution < 1.29 is 4.74 Å². The average Bonchev–Trinajstić information content (AvgIpc) is 3.16. The molecule has 1 aliphatic rings. The summed E-state index contributed by atoms with van der Waals surface area (Å²) in [6.45, 7) is 6.66. The van der Waals surface area contributed by atoms with Gasteiger partial charge in [0.15, 0.2) is 11.0 Å². The van der Waals surface area contributed by atoms with Crippen LogP contribution in [-0.4, -0.2) is 33.2 Å². The van der Waals surface area contributed by atoms with Crippen LogP contribution in [0, 0.1) is 13.8 Å². The normalized spacial score (nSPS) is 14.9. The highest BCUT2D eigenvalue weighted by molar-refractivity contribution is 8.14. The second kappa shape index (κ2) is 9.33. The standard InChI is InChI=1S/C25H23N5OS2/c1-4-31-19-12-10-18(11-13-19)21-15(2)33-24-22(21)23(26-16(3)27-24)28-25-30-29-20(14-32-25)17-8-6-5-7-9-17/h5-13H,4,14H2,1-3H3,(H,26,27,28,30). The molecule has 0 saturated carbocycles. The number of rotatable bonds is 5. The maximum atomic E-state index is 5.61. The van der Waals surface area contributed by atoms with Crippen molar-refractivity contribution in [3.8, 4) is 16.9 Å². The van der Waals surface area contributed by atoms with Crippen LogP contribution in [0.5, 0.6) is 5.75 Å². The number of hydrazone groups is 1. The molecular weight excluding hydrogens is 450 g/mol. The Hall–Kier alpha value is -3.23. The number of aromatic nitrogens is 2. The van der Waals surface area contributed by atoms with E-state index >= 15 is 0 Å². The van der Waals surface area contributed by atoms with Crippen molar-refractivity contribution in [3.05, 3.63) is 70.9 Å². The van der Waals surface area contributed by atoms with Gasteiger partial charge in [0.1, 0.15) is 16.4 Å². The van der Waals surface area contributed by atoms with Crippen LogP contribution >= 0.6 is 23.1 Å². The first-order chi connectivity index (χ1) is 16.1. The Kier molecular flexibility index (Phi) is 6.11. The molecule has 4 aromatic rings. The van der Waals surface area contributed by atoms with Gasteiger partial charge in [0.2, 0.25) is 0 Å². The lowest BCUT2D eigenvalue weighted by molar-refractivity contribution is 0.340. The highest BCUT2D eigenvalue weighted by Gasteiger charge is 2.19. The molecule has 166 valence electrons. The van der Waals surface area contributed by atoms with Crippen molar-refractivity contribution in [1.29, 1.82) is 0 Å². The molecule has 0 spiro atoms. The predicted molar refractivity (Wildman–Crippen MR) is 139 cm³/mol. The monoisotopic (exact) mass is 473 g/mol. The fourth-order valence-corrected chi connectivity index (χ4v) is 5.61. The second-order valence-corrected chi connectivity index (χ2v) is 9.67. The summed E-state index contributed by atoms with van der Waals surface area (Å²) in [5.41, 5.74) is 7.45. The minimum Gasteiger partial charge on any atom is -0.494 e. The molecule has 0 saturated heterocycles. The van der Waals surface area contributed by atoms with E-state index in [2.05, 4.69) is 41.7 Å². The van der Waals surface area contributed by atoms with E-state index in [9.17, 15) is 0 Å². The van der Waals surface area contributed by atoms with Gasteiger partial charge in [-0.25, -0.2) is 15.0 Å². The van der Waals surface area contributed by atoms with Crippen molar-refractivity contribution in [2.75, 3.05) is 12.4 Å². The Morgan fingerprint density at radius 2 is 1.79 bits per heavy atom. The Labute approximate surface area is 200 Å². The number of aryl methyl sites for hydroxylation is 2. The zero-order valence-electron chi connectivity index (χ0n) is 18.6. The highest BCUT2D eigenvalue weighted by atomic mass is 32.2. The van der Waals surface area contributed by atoms with Crippen LogP contribution < -0.4 is 10.2 Å². The number of ether oxygens (including phenoxy) is 1. The third-order valence-corrected chi connectivity index (χ3v) is 7.09. The molecule has 2 aromatic heterocycles. The van der Waals surface area contributed by atoms with Crippen LogP contribution in [0.15, 0.2) is 64.7 Å². The zero-order valence-corrected chi connectivity index (χ0v) is 20.3. The molecule has 0 radical (unpaired) electrons. The summed E-state index contributed by atoms with van der Waals surface area (Å²) in [5, 5.41) is 6.26. The van der Waals surface area contributed by atoms with Crippen molar-refractivity contribution in [2.24, 2.45) is 10.1 Å². The largest absolute Gasteiger partial charge is 0.494 e. The number of hydrogen-bond acceptors (Lipinski definition) is 7. The number of nitrogens with one attached hydrogen (secondary N) is 1. The maximum absolute atomic E-state index is 5.61. The zero-order chi connectivity index (χ0) is 22.8. The molecule has 0 fully saturated rings. The highest BCUT2D eigenvalue weighted by Crippen LogP contribution is 2.42. The summed E-state index contributed by atoms with van der Waals surface area (Å²) < 4.78 is 5.61. The van der Waals surface area contributed by atoms with E-state index in [1.165, 1.54) is 4.88 Å². The van der Waals surface area contributed by atoms with Gasteiger partial charge in [-0.3, -0.25) is 5.43 Å². The average molecular weight is 474 g/mol. The number of benzene rings is 2. The number of hydrogen-bond donors (Lipinski definition) is 1. The summed E-state index contributed by atoms with van der Waals surface area (Å²) in [7, 11) is 0. The van der Waals surface area contributed by atoms with Gasteiger partial charge in [-0.15, -0.1) is 11.3 Å². The van der Waals surface area contributed by atoms with Gasteiger partial charge in [-0.1, -0.05) is 54.2 Å². The quantitative estimate of drug-likeness (QED) is 0.379. The topological polar surface area (TPSA) is 71.8 Å². The Morgan fingerprint density at radius 3 is 2.48 bits per heavy atom. The summed E-state index contributed by atoms with van der Waals surface area (Å²) >= 11 is 3.30. The van der Waals surface area contributed by atoms with Crippen LogP contribution in [0.1, 0.15) is 23.2 Å². The van der Waals surface area contributed by atoms with Gasteiger partial charge < -0.3 is 4.74 Å². The summed E-state index contributed by atoms with van der Waals surface area (Å²) in [4.78, 5) is 16.4. The van der Waals surface area contributed by atoms with Crippen LogP contribution in [0.4, 0.5) is 5.82 Å². The minimum absolute atomic E-state index is 0.646. The lowest BCUT2D eigenvalue weighted by Crippen LogP contribution is -2.25. The third kappa shape index (κ3) is 4.49. The number of fused-ring (bicyclic) bond motifs is 1. The molecule has 0 amide bonds. The predicted octanol–water partition coefficient (Wildman–Crippen LogP) is 6.10. The molecule has 3 heterocycles. The van der Waals surface area contributed by atoms with Gasteiger partial charge in [-0.2, -0.15) is 5.10 Å². The molecular formula is C25H23N5OS2. The van der Waals surface area contributed by atoms with Crippen LogP contribution in [0.25, 0.3) is 21.3 Å². The van der Waals surface area contributed by atoms with Crippen LogP contribution in [-0.2, 0) is 0 Å². The number of aliphatic imine (C=N–C) groups is 1. The smallest absolute Gasteiger partial charge is 0.184 e. The molecule has 0 bridgehead atoms. The molecule has 8 heteroatoms. The molecule has 1 N–H and O–H groups in total. The number of thioether (sulfide) groups is 1. The summed E-state index contributed by atoms with van der Waals surface area (Å²) in [6, 6.07) is 18.4. The number of amidine groups is 1. The van der Waals surface area contributed by atoms with Gasteiger partial charge in [0, 0.05) is 16.2 Å². The molecule has 0 unspecified atom stereocenters. The van der Waals surface area contributed by atoms with Crippen molar-refractivity contribution in [1.82, 2.24) is 15.4 Å².